The van der Waals surface area contributed by atoms with Crippen molar-refractivity contribution in [3.05, 3.63) is 40.6 Å². The molecule has 4 heterocycles. The van der Waals surface area contributed by atoms with E-state index in [2.05, 4.69) is 26.0 Å². The van der Waals surface area contributed by atoms with Crippen molar-refractivity contribution in [1.82, 2.24) is 24.5 Å². The van der Waals surface area contributed by atoms with Gasteiger partial charge in [0.15, 0.2) is 5.65 Å². The molecule has 138 valence electrons. The average Bonchev–Trinajstić information content (AvgIpc) is 3.03. The minimum Gasteiger partial charge on any atom is -0.369 e. The minimum absolute atomic E-state index is 0.0335. The quantitative estimate of drug-likeness (QED) is 0.730. The van der Waals surface area contributed by atoms with Crippen LogP contribution in [0.3, 0.4) is 0 Å². The Morgan fingerprint density at radius 3 is 2.96 bits per heavy atom. The van der Waals surface area contributed by atoms with Crippen LogP contribution >= 0.6 is 0 Å². The van der Waals surface area contributed by atoms with E-state index in [0.717, 1.165) is 0 Å². The first-order chi connectivity index (χ1) is 12.9. The Morgan fingerprint density at radius 2 is 2.22 bits per heavy atom. The minimum atomic E-state index is -0.362. The highest BCUT2D eigenvalue weighted by molar-refractivity contribution is 5.80. The fraction of sp³-hybridized carbons (Fsp3) is 0.389. The highest BCUT2D eigenvalue weighted by Gasteiger charge is 2.32. The van der Waals surface area contributed by atoms with Crippen LogP contribution in [0.25, 0.3) is 17.0 Å². The van der Waals surface area contributed by atoms with Gasteiger partial charge in [0.05, 0.1) is 23.5 Å². The second-order valence-corrected chi connectivity index (χ2v) is 7.23. The van der Waals surface area contributed by atoms with E-state index in [1.165, 1.54) is 17.0 Å². The molecule has 1 fully saturated rings. The zero-order valence-electron chi connectivity index (χ0n) is 15.3. The zero-order valence-corrected chi connectivity index (χ0v) is 15.3. The van der Waals surface area contributed by atoms with Gasteiger partial charge in [-0.1, -0.05) is 0 Å². The van der Waals surface area contributed by atoms with Gasteiger partial charge in [-0.15, -0.1) is 0 Å². The molecule has 0 bridgehead atoms. The van der Waals surface area contributed by atoms with Gasteiger partial charge < -0.3 is 14.6 Å². The largest absolute Gasteiger partial charge is 0.369 e. The Bertz CT molecular complexity index is 1110. The highest BCUT2D eigenvalue weighted by Crippen LogP contribution is 2.24. The lowest BCUT2D eigenvalue weighted by Crippen LogP contribution is -2.52. The smallest absolute Gasteiger partial charge is 0.275 e. The molecule has 3 aromatic rings. The number of aromatic amines is 1. The summed E-state index contributed by atoms with van der Waals surface area (Å²) in [6.07, 6.45) is 4.39. The Labute approximate surface area is 155 Å². The molecule has 1 saturated heterocycles. The van der Waals surface area contributed by atoms with Gasteiger partial charge in [-0.25, -0.2) is 9.97 Å². The van der Waals surface area contributed by atoms with Crippen molar-refractivity contribution in [2.75, 3.05) is 18.0 Å². The Hall–Kier alpha value is -3.25. The van der Waals surface area contributed by atoms with Gasteiger partial charge in [-0.05, 0) is 20.8 Å². The van der Waals surface area contributed by atoms with Crippen LogP contribution < -0.4 is 10.5 Å². The number of hydrogen-bond donors (Lipinski definition) is 1. The number of H-pyrrole nitrogens is 1. The number of rotatable bonds is 2. The van der Waals surface area contributed by atoms with Crippen molar-refractivity contribution in [1.29, 1.82) is 5.26 Å². The van der Waals surface area contributed by atoms with Crippen LogP contribution in [0, 0.1) is 11.3 Å². The van der Waals surface area contributed by atoms with Gasteiger partial charge in [0, 0.05) is 31.5 Å². The van der Waals surface area contributed by atoms with Crippen LogP contribution in [0.15, 0.2) is 29.5 Å². The molecule has 1 unspecified atom stereocenters. The van der Waals surface area contributed by atoms with Crippen LogP contribution in [0.4, 0.5) is 5.95 Å². The van der Waals surface area contributed by atoms with E-state index in [-0.39, 0.29) is 17.3 Å². The number of morpholine rings is 1. The molecule has 0 amide bonds. The van der Waals surface area contributed by atoms with Gasteiger partial charge in [0.1, 0.15) is 17.4 Å². The van der Waals surface area contributed by atoms with E-state index in [1.807, 2.05) is 25.7 Å². The molecule has 1 N–H and O–H groups in total. The fourth-order valence-electron chi connectivity index (χ4n) is 3.55. The van der Waals surface area contributed by atoms with Crippen molar-refractivity contribution in [2.45, 2.75) is 32.5 Å². The number of aromatic nitrogens is 5. The summed E-state index contributed by atoms with van der Waals surface area (Å²) < 4.78 is 7.32. The molecule has 9 nitrogen and oxygen atoms in total. The lowest BCUT2D eigenvalue weighted by molar-refractivity contribution is -0.0753. The van der Waals surface area contributed by atoms with Crippen molar-refractivity contribution in [3.63, 3.8) is 0 Å². The first-order valence-electron chi connectivity index (χ1n) is 8.63. The lowest BCUT2D eigenvalue weighted by Gasteiger charge is -2.41. The summed E-state index contributed by atoms with van der Waals surface area (Å²) in [5.41, 5.74) is 0.500. The van der Waals surface area contributed by atoms with Gasteiger partial charge in [-0.2, -0.15) is 10.2 Å². The normalized spacial score (nSPS) is 19.2. The molecule has 1 atom stereocenters. The predicted molar refractivity (Wildman–Crippen MR) is 98.8 cm³/mol. The van der Waals surface area contributed by atoms with Gasteiger partial charge in [-0.3, -0.25) is 9.36 Å². The van der Waals surface area contributed by atoms with Gasteiger partial charge >= 0.3 is 0 Å². The molecule has 9 heteroatoms. The first kappa shape index (κ1) is 17.2. The standard InChI is InChI=1S/C18H19N7O2/c1-11-9-24(10-18(2,3)27-11)17-20-5-4-13(23-17)25-14(26)8-22-16-15(25)12(6-19)7-21-16/h4-5,7-8,11,21H,9-10H2,1-3H3. The second kappa shape index (κ2) is 6.17. The molecular formula is C18H19N7O2. The van der Waals surface area contributed by atoms with E-state index < -0.39 is 0 Å². The number of nitrogens with one attached hydrogen (secondary N) is 1. The molecule has 1 aliphatic rings. The highest BCUT2D eigenvalue weighted by atomic mass is 16.5. The summed E-state index contributed by atoms with van der Waals surface area (Å²) in [5, 5.41) is 9.36. The summed E-state index contributed by atoms with van der Waals surface area (Å²) in [7, 11) is 0. The maximum absolute atomic E-state index is 12.5. The third-order valence-corrected chi connectivity index (χ3v) is 4.41. The third-order valence-electron chi connectivity index (χ3n) is 4.41. The Morgan fingerprint density at radius 1 is 1.41 bits per heavy atom. The lowest BCUT2D eigenvalue weighted by atomic mass is 10.1. The number of nitriles is 1. The van der Waals surface area contributed by atoms with Crippen LogP contribution in [0.1, 0.15) is 26.3 Å². The van der Waals surface area contributed by atoms with Crippen LogP contribution in [-0.4, -0.2) is 49.3 Å². The van der Waals surface area contributed by atoms with Crippen molar-refractivity contribution < 1.29 is 4.74 Å². The maximum Gasteiger partial charge on any atom is 0.275 e. The Kier molecular flexibility index (Phi) is 3.93. The van der Waals surface area contributed by atoms with Crippen molar-refractivity contribution >= 4 is 17.1 Å². The van der Waals surface area contributed by atoms with E-state index in [0.29, 0.717) is 41.6 Å². The molecule has 4 rings (SSSR count). The number of anilines is 1. The maximum atomic E-state index is 12.5. The number of nitrogens with zero attached hydrogens (tertiary/aromatic N) is 6. The first-order valence-corrected chi connectivity index (χ1v) is 8.63. The van der Waals surface area contributed by atoms with E-state index in [4.69, 9.17) is 4.74 Å². The molecule has 3 aromatic heterocycles. The molecular weight excluding hydrogens is 346 g/mol. The summed E-state index contributed by atoms with van der Waals surface area (Å²) >= 11 is 0. The van der Waals surface area contributed by atoms with Gasteiger partial charge in [0.25, 0.3) is 5.56 Å². The molecule has 1 aliphatic heterocycles. The monoisotopic (exact) mass is 365 g/mol. The van der Waals surface area contributed by atoms with Gasteiger partial charge in [0.2, 0.25) is 5.95 Å². The van der Waals surface area contributed by atoms with E-state index >= 15 is 0 Å². The van der Waals surface area contributed by atoms with Crippen LogP contribution in [0.5, 0.6) is 0 Å². The molecule has 27 heavy (non-hydrogen) atoms. The molecule has 0 aliphatic carbocycles. The van der Waals surface area contributed by atoms with Crippen LogP contribution in [0.2, 0.25) is 0 Å². The summed E-state index contributed by atoms with van der Waals surface area (Å²) in [6, 6.07) is 3.73. The number of ether oxygens (including phenoxy) is 1. The van der Waals surface area contributed by atoms with Crippen molar-refractivity contribution in [2.24, 2.45) is 0 Å². The van der Waals surface area contributed by atoms with Crippen LogP contribution in [-0.2, 0) is 4.74 Å². The topological polar surface area (TPSA) is 113 Å². The summed E-state index contributed by atoms with van der Waals surface area (Å²) in [4.78, 5) is 30.5. The molecule has 0 radical (unpaired) electrons. The SMILES string of the molecule is CC1CN(c2nccc(-n3c(=O)cnc4[nH]cc(C#N)c43)n2)CC(C)(C)O1. The molecule has 0 aromatic carbocycles. The molecule has 0 saturated carbocycles. The summed E-state index contributed by atoms with van der Waals surface area (Å²) in [5.74, 6) is 0.909. The Balaban J connectivity index is 1.84. The average molecular weight is 365 g/mol. The zero-order chi connectivity index (χ0) is 19.2. The number of fused-ring (bicyclic) bond motifs is 1. The molecule has 0 spiro atoms. The predicted octanol–water partition coefficient (Wildman–Crippen LogP) is 1.38. The number of hydrogen-bond acceptors (Lipinski definition) is 7. The third kappa shape index (κ3) is 3.04. The van der Waals surface area contributed by atoms with E-state index in [9.17, 15) is 10.1 Å². The fourth-order valence-corrected chi connectivity index (χ4v) is 3.55. The summed E-state index contributed by atoms with van der Waals surface area (Å²) in [6.45, 7) is 7.34. The van der Waals surface area contributed by atoms with Crippen molar-refractivity contribution in [3.8, 4) is 11.9 Å². The van der Waals surface area contributed by atoms with E-state index in [1.54, 1.807) is 12.3 Å². The second-order valence-electron chi connectivity index (χ2n) is 7.23.